The lowest BCUT2D eigenvalue weighted by Gasteiger charge is -2.25. The zero-order valence-electron chi connectivity index (χ0n) is 16.3. The molecule has 8 heteroatoms. The average molecular weight is 425 g/mol. The summed E-state index contributed by atoms with van der Waals surface area (Å²) in [6.07, 6.45) is 0. The molecule has 1 aromatic heterocycles. The minimum Gasteiger partial charge on any atom is -0.375 e. The SMILES string of the molecule is [2H]C([2H])([2H])n1c(=O)nc(N2CCOCc3c(Br)cccc32)c2c(F)c(F)ccc21. The van der Waals surface area contributed by atoms with E-state index in [1.54, 1.807) is 17.0 Å². The van der Waals surface area contributed by atoms with Crippen LogP contribution in [0.15, 0.2) is 39.6 Å². The number of halogens is 3. The van der Waals surface area contributed by atoms with Crippen molar-refractivity contribution in [1.29, 1.82) is 0 Å². The molecule has 0 bridgehead atoms. The molecule has 1 aliphatic rings. The molecule has 0 spiro atoms. The summed E-state index contributed by atoms with van der Waals surface area (Å²) < 4.78 is 58.5. The van der Waals surface area contributed by atoms with E-state index in [0.717, 1.165) is 22.2 Å². The third-order valence-corrected chi connectivity index (χ3v) is 5.02. The summed E-state index contributed by atoms with van der Waals surface area (Å²) in [7, 11) is 0. The highest BCUT2D eigenvalue weighted by molar-refractivity contribution is 9.10. The summed E-state index contributed by atoms with van der Waals surface area (Å²) in [5.41, 5.74) is -0.00189. The fourth-order valence-corrected chi connectivity index (χ4v) is 3.52. The van der Waals surface area contributed by atoms with E-state index in [0.29, 0.717) is 10.3 Å². The molecule has 1 aliphatic heterocycles. The van der Waals surface area contributed by atoms with E-state index in [-0.39, 0.29) is 36.5 Å². The van der Waals surface area contributed by atoms with Gasteiger partial charge in [-0.15, -0.1) is 0 Å². The number of hydrogen-bond acceptors (Lipinski definition) is 4. The van der Waals surface area contributed by atoms with Crippen LogP contribution in [0.3, 0.4) is 0 Å². The van der Waals surface area contributed by atoms with E-state index in [4.69, 9.17) is 8.85 Å². The smallest absolute Gasteiger partial charge is 0.349 e. The van der Waals surface area contributed by atoms with E-state index in [1.807, 2.05) is 6.07 Å². The highest BCUT2D eigenvalue weighted by atomic mass is 79.9. The van der Waals surface area contributed by atoms with Gasteiger partial charge in [0.25, 0.3) is 0 Å². The van der Waals surface area contributed by atoms with E-state index >= 15 is 0 Å². The second-order valence-corrected chi connectivity index (χ2v) is 6.60. The Bertz CT molecular complexity index is 1180. The molecular weight excluding hydrogens is 408 g/mol. The van der Waals surface area contributed by atoms with Crippen molar-refractivity contribution in [2.75, 3.05) is 18.1 Å². The Morgan fingerprint density at radius 3 is 2.96 bits per heavy atom. The van der Waals surface area contributed by atoms with Crippen LogP contribution in [0, 0.1) is 11.6 Å². The molecule has 0 atom stereocenters. The quantitative estimate of drug-likeness (QED) is 0.598. The monoisotopic (exact) mass is 424 g/mol. The summed E-state index contributed by atoms with van der Waals surface area (Å²) >= 11 is 3.44. The van der Waals surface area contributed by atoms with Gasteiger partial charge in [0.2, 0.25) is 0 Å². The number of benzene rings is 2. The molecule has 4 rings (SSSR count). The van der Waals surface area contributed by atoms with Crippen molar-refractivity contribution >= 4 is 38.3 Å². The van der Waals surface area contributed by atoms with Crippen LogP contribution in [-0.2, 0) is 18.3 Å². The summed E-state index contributed by atoms with van der Waals surface area (Å²) in [6, 6.07) is 7.17. The van der Waals surface area contributed by atoms with Crippen molar-refractivity contribution in [2.24, 2.45) is 6.98 Å². The Labute approximate surface area is 160 Å². The van der Waals surface area contributed by atoms with Gasteiger partial charge in [0.15, 0.2) is 17.5 Å². The van der Waals surface area contributed by atoms with Crippen molar-refractivity contribution in [1.82, 2.24) is 9.55 Å². The maximum atomic E-state index is 14.9. The molecule has 0 radical (unpaired) electrons. The topological polar surface area (TPSA) is 47.4 Å². The van der Waals surface area contributed by atoms with Crippen LogP contribution in [0.1, 0.15) is 9.68 Å². The van der Waals surface area contributed by atoms with Crippen molar-refractivity contribution in [2.45, 2.75) is 6.61 Å². The zero-order chi connectivity index (χ0) is 20.9. The first-order valence-corrected chi connectivity index (χ1v) is 8.53. The fraction of sp³-hybridized carbons (Fsp3) is 0.222. The Morgan fingerprint density at radius 1 is 1.31 bits per heavy atom. The predicted octanol–water partition coefficient (Wildman–Crippen LogP) is 3.64. The standard InChI is InChI=1S/C18H14BrF2N3O2/c1-23-14-6-5-12(20)16(21)15(14)17(22-18(23)25)24-7-8-26-9-10-11(19)3-2-4-13(10)24/h2-6H,7-9H2,1H3/i1D3. The number of rotatable bonds is 1. The van der Waals surface area contributed by atoms with Gasteiger partial charge in [-0.2, -0.15) is 4.98 Å². The molecule has 0 amide bonds. The highest BCUT2D eigenvalue weighted by Gasteiger charge is 2.25. The average Bonchev–Trinajstić information content (AvgIpc) is 2.86. The van der Waals surface area contributed by atoms with E-state index in [2.05, 4.69) is 20.9 Å². The van der Waals surface area contributed by atoms with Gasteiger partial charge in [0, 0.05) is 33.4 Å². The molecular formula is C18H14BrF2N3O2. The number of nitrogens with zero attached hydrogens (tertiary/aromatic N) is 3. The molecule has 5 nitrogen and oxygen atoms in total. The van der Waals surface area contributed by atoms with Gasteiger partial charge in [-0.05, 0) is 24.3 Å². The largest absolute Gasteiger partial charge is 0.375 e. The van der Waals surface area contributed by atoms with E-state index < -0.39 is 24.3 Å². The molecule has 0 N–H and O–H groups in total. The van der Waals surface area contributed by atoms with Crippen LogP contribution in [-0.4, -0.2) is 22.7 Å². The predicted molar refractivity (Wildman–Crippen MR) is 97.7 cm³/mol. The molecule has 0 unspecified atom stereocenters. The number of anilines is 2. The Kier molecular flexibility index (Phi) is 3.43. The first-order chi connectivity index (χ1) is 13.7. The zero-order valence-corrected chi connectivity index (χ0v) is 14.9. The molecule has 2 heterocycles. The molecule has 0 saturated carbocycles. The van der Waals surface area contributed by atoms with Crippen LogP contribution in [0.5, 0.6) is 0 Å². The van der Waals surface area contributed by atoms with Gasteiger partial charge in [-0.3, -0.25) is 4.57 Å². The first kappa shape index (κ1) is 13.8. The van der Waals surface area contributed by atoms with Gasteiger partial charge in [-0.1, -0.05) is 22.0 Å². The third kappa shape index (κ3) is 2.60. The molecule has 3 aromatic rings. The summed E-state index contributed by atoms with van der Waals surface area (Å²) in [4.78, 5) is 18.0. The van der Waals surface area contributed by atoms with Crippen molar-refractivity contribution < 1.29 is 17.6 Å². The minimum absolute atomic E-state index is 0.160. The Morgan fingerprint density at radius 2 is 2.15 bits per heavy atom. The second kappa shape index (κ2) is 6.44. The van der Waals surface area contributed by atoms with Gasteiger partial charge in [-0.25, -0.2) is 13.6 Å². The molecule has 0 fully saturated rings. The lowest BCUT2D eigenvalue weighted by molar-refractivity contribution is 0.133. The van der Waals surface area contributed by atoms with Crippen LogP contribution >= 0.6 is 15.9 Å². The van der Waals surface area contributed by atoms with Crippen LogP contribution in [0.25, 0.3) is 10.9 Å². The van der Waals surface area contributed by atoms with Crippen molar-refractivity contribution in [3.05, 3.63) is 62.5 Å². The van der Waals surface area contributed by atoms with Crippen LogP contribution in [0.2, 0.25) is 0 Å². The lowest BCUT2D eigenvalue weighted by atomic mass is 10.1. The Balaban J connectivity index is 2.10. The second-order valence-electron chi connectivity index (χ2n) is 5.75. The normalized spacial score (nSPS) is 16.6. The van der Waals surface area contributed by atoms with Gasteiger partial charge < -0.3 is 9.64 Å². The van der Waals surface area contributed by atoms with Gasteiger partial charge >= 0.3 is 5.69 Å². The van der Waals surface area contributed by atoms with Crippen LogP contribution < -0.4 is 10.6 Å². The van der Waals surface area contributed by atoms with Crippen LogP contribution in [0.4, 0.5) is 20.3 Å². The van der Waals surface area contributed by atoms with E-state index in [1.165, 1.54) is 0 Å². The maximum absolute atomic E-state index is 14.9. The first-order valence-electron chi connectivity index (χ1n) is 9.24. The van der Waals surface area contributed by atoms with Gasteiger partial charge in [0.05, 0.1) is 24.1 Å². The minimum atomic E-state index is -2.91. The van der Waals surface area contributed by atoms with Crippen molar-refractivity contribution in [3.8, 4) is 0 Å². The number of fused-ring (bicyclic) bond motifs is 2. The summed E-state index contributed by atoms with van der Waals surface area (Å²) in [6.45, 7) is -2.19. The molecule has 2 aromatic carbocycles. The Hall–Kier alpha value is -2.32. The van der Waals surface area contributed by atoms with E-state index in [9.17, 15) is 13.6 Å². The molecule has 134 valence electrons. The summed E-state index contributed by atoms with van der Waals surface area (Å²) in [5.74, 6) is -2.60. The number of hydrogen-bond donors (Lipinski definition) is 0. The molecule has 0 saturated heterocycles. The highest BCUT2D eigenvalue weighted by Crippen LogP contribution is 2.37. The fourth-order valence-electron chi connectivity index (χ4n) is 3.05. The molecule has 0 aliphatic carbocycles. The summed E-state index contributed by atoms with van der Waals surface area (Å²) in [5, 5.41) is -0.381. The third-order valence-electron chi connectivity index (χ3n) is 4.28. The van der Waals surface area contributed by atoms with Crippen molar-refractivity contribution in [3.63, 3.8) is 0 Å². The lowest BCUT2D eigenvalue weighted by Crippen LogP contribution is -2.28. The number of aryl methyl sites for hydroxylation is 1. The van der Waals surface area contributed by atoms with Gasteiger partial charge in [0.1, 0.15) is 0 Å². The number of ether oxygens (including phenoxy) is 1. The maximum Gasteiger partial charge on any atom is 0.349 e. The molecule has 26 heavy (non-hydrogen) atoms. The number of aromatic nitrogens is 2.